The maximum Gasteiger partial charge on any atom is 0.416 e. The molecule has 0 bridgehead atoms. The average molecular weight is 522 g/mol. The minimum absolute atomic E-state index is 0.103. The largest absolute Gasteiger partial charge is 0.492 e. The first kappa shape index (κ1) is 26.0. The fourth-order valence-electron chi connectivity index (χ4n) is 4.12. The van der Waals surface area contributed by atoms with Crippen molar-refractivity contribution in [3.8, 4) is 17.0 Å². The molecular formula is C25H27ClF3N5O2. The van der Waals surface area contributed by atoms with E-state index in [1.807, 2.05) is 0 Å². The molecule has 0 saturated carbocycles. The van der Waals surface area contributed by atoms with Gasteiger partial charge < -0.3 is 20.7 Å². The molecule has 1 aliphatic heterocycles. The Hall–Kier alpha value is -3.08. The van der Waals surface area contributed by atoms with Gasteiger partial charge in [0.1, 0.15) is 12.4 Å². The number of nitrogens with zero attached hydrogens (tertiary/aromatic N) is 2. The second-order valence-corrected chi connectivity index (χ2v) is 8.94. The fourth-order valence-corrected chi connectivity index (χ4v) is 4.39. The van der Waals surface area contributed by atoms with Crippen LogP contribution in [0.4, 0.5) is 18.9 Å². The van der Waals surface area contributed by atoms with Gasteiger partial charge in [-0.2, -0.15) is 18.3 Å². The van der Waals surface area contributed by atoms with Gasteiger partial charge in [-0.3, -0.25) is 9.48 Å². The minimum Gasteiger partial charge on any atom is -0.492 e. The average Bonchev–Trinajstić information content (AvgIpc) is 3.20. The zero-order chi connectivity index (χ0) is 25.7. The number of anilines is 1. The van der Waals surface area contributed by atoms with Gasteiger partial charge in [0.2, 0.25) is 0 Å². The first-order valence-corrected chi connectivity index (χ1v) is 12.0. The lowest BCUT2D eigenvalue weighted by molar-refractivity contribution is -0.137. The van der Waals surface area contributed by atoms with Crippen LogP contribution in [-0.2, 0) is 13.2 Å². The van der Waals surface area contributed by atoms with Gasteiger partial charge in [0.05, 0.1) is 22.5 Å². The molecular weight excluding hydrogens is 495 g/mol. The molecule has 0 spiro atoms. The summed E-state index contributed by atoms with van der Waals surface area (Å²) >= 11 is 6.38. The molecule has 4 rings (SSSR count). The third kappa shape index (κ3) is 6.37. The van der Waals surface area contributed by atoms with E-state index < -0.39 is 17.6 Å². The Morgan fingerprint density at radius 1 is 1.22 bits per heavy atom. The molecule has 2 aromatic carbocycles. The molecule has 7 nitrogen and oxygen atoms in total. The number of ether oxygens (including phenoxy) is 1. The van der Waals surface area contributed by atoms with Gasteiger partial charge in [0.25, 0.3) is 5.91 Å². The van der Waals surface area contributed by atoms with E-state index in [0.29, 0.717) is 46.9 Å². The lowest BCUT2D eigenvalue weighted by Gasteiger charge is -2.24. The SMILES string of the molecule is Cn1ncc(Cl)c1-c1cc(NC(=O)c2cccc(C(F)(F)F)c2)ccc1OCCNC1CCNCC1. The molecule has 1 saturated heterocycles. The van der Waals surface area contributed by atoms with Gasteiger partial charge in [-0.1, -0.05) is 17.7 Å². The minimum atomic E-state index is -4.54. The van der Waals surface area contributed by atoms with Crippen LogP contribution in [0.3, 0.4) is 0 Å². The predicted octanol–water partition coefficient (Wildman–Crippen LogP) is 4.73. The summed E-state index contributed by atoms with van der Waals surface area (Å²) in [5.41, 5.74) is 0.579. The zero-order valence-electron chi connectivity index (χ0n) is 19.7. The molecule has 0 atom stereocenters. The van der Waals surface area contributed by atoms with Crippen LogP contribution >= 0.6 is 11.6 Å². The summed E-state index contributed by atoms with van der Waals surface area (Å²) in [6.45, 7) is 3.07. The van der Waals surface area contributed by atoms with E-state index in [4.69, 9.17) is 16.3 Å². The lowest BCUT2D eigenvalue weighted by atomic mass is 10.1. The van der Waals surface area contributed by atoms with E-state index in [1.54, 1.807) is 29.9 Å². The molecule has 36 heavy (non-hydrogen) atoms. The third-order valence-electron chi connectivity index (χ3n) is 5.97. The van der Waals surface area contributed by atoms with Crippen molar-refractivity contribution in [2.24, 2.45) is 7.05 Å². The molecule has 1 aliphatic rings. The first-order chi connectivity index (χ1) is 17.2. The second kappa shape index (κ2) is 11.3. The Balaban J connectivity index is 1.51. The molecule has 2 heterocycles. The number of rotatable bonds is 8. The molecule has 3 aromatic rings. The van der Waals surface area contributed by atoms with E-state index in [-0.39, 0.29) is 5.56 Å². The Morgan fingerprint density at radius 2 is 2.00 bits per heavy atom. The standard InChI is InChI=1S/C25H27ClF3N5O2/c1-34-23(21(26)15-32-34)20-14-19(33-24(35)16-3-2-4-17(13-16)25(27,28)29)5-6-22(20)36-12-11-31-18-7-9-30-10-8-18/h2-6,13-15,18,30-31H,7-12H2,1H3,(H,33,35). The third-order valence-corrected chi connectivity index (χ3v) is 6.25. The lowest BCUT2D eigenvalue weighted by Crippen LogP contribution is -2.41. The summed E-state index contributed by atoms with van der Waals surface area (Å²) in [6, 6.07) is 9.73. The maximum atomic E-state index is 13.0. The van der Waals surface area contributed by atoms with Gasteiger partial charge in [-0.15, -0.1) is 0 Å². The van der Waals surface area contributed by atoms with E-state index >= 15 is 0 Å². The Labute approximate surface area is 212 Å². The van der Waals surface area contributed by atoms with Crippen molar-refractivity contribution in [1.82, 2.24) is 20.4 Å². The Kier molecular flexibility index (Phi) is 8.17. The highest BCUT2D eigenvalue weighted by atomic mass is 35.5. The molecule has 1 aromatic heterocycles. The van der Waals surface area contributed by atoms with Crippen molar-refractivity contribution in [2.45, 2.75) is 25.1 Å². The van der Waals surface area contributed by atoms with Crippen LogP contribution in [0.2, 0.25) is 5.02 Å². The maximum absolute atomic E-state index is 13.0. The van der Waals surface area contributed by atoms with Gasteiger partial charge in [0.15, 0.2) is 0 Å². The Morgan fingerprint density at radius 3 is 2.69 bits per heavy atom. The van der Waals surface area contributed by atoms with Crippen LogP contribution < -0.4 is 20.7 Å². The van der Waals surface area contributed by atoms with Crippen LogP contribution in [0.1, 0.15) is 28.8 Å². The van der Waals surface area contributed by atoms with Crippen molar-refractivity contribution in [1.29, 1.82) is 0 Å². The number of benzene rings is 2. The summed E-state index contributed by atoms with van der Waals surface area (Å²) in [7, 11) is 1.73. The molecule has 1 fully saturated rings. The first-order valence-electron chi connectivity index (χ1n) is 11.6. The molecule has 1 amide bonds. The van der Waals surface area contributed by atoms with E-state index in [1.165, 1.54) is 18.3 Å². The van der Waals surface area contributed by atoms with Crippen LogP contribution in [0.5, 0.6) is 5.75 Å². The quantitative estimate of drug-likeness (QED) is 0.373. The highest BCUT2D eigenvalue weighted by molar-refractivity contribution is 6.33. The smallest absolute Gasteiger partial charge is 0.416 e. The number of aromatic nitrogens is 2. The van der Waals surface area contributed by atoms with E-state index in [2.05, 4.69) is 21.0 Å². The number of nitrogens with one attached hydrogen (secondary N) is 3. The topological polar surface area (TPSA) is 80.2 Å². The summed E-state index contributed by atoms with van der Waals surface area (Å²) in [5.74, 6) is -0.118. The molecule has 192 valence electrons. The highest BCUT2D eigenvalue weighted by Crippen LogP contribution is 2.37. The molecule has 0 aliphatic carbocycles. The number of amides is 1. The number of piperidine rings is 1. The van der Waals surface area contributed by atoms with Gasteiger partial charge in [-0.25, -0.2) is 0 Å². The number of alkyl halides is 3. The molecule has 3 N–H and O–H groups in total. The summed E-state index contributed by atoms with van der Waals surface area (Å²) in [5, 5.41) is 14.1. The van der Waals surface area contributed by atoms with Crippen molar-refractivity contribution in [2.75, 3.05) is 31.6 Å². The van der Waals surface area contributed by atoms with Gasteiger partial charge in [-0.05, 0) is 62.3 Å². The summed E-state index contributed by atoms with van der Waals surface area (Å²) < 4.78 is 46.8. The van der Waals surface area contributed by atoms with Crippen LogP contribution in [-0.4, -0.2) is 48.0 Å². The zero-order valence-corrected chi connectivity index (χ0v) is 20.4. The fraction of sp³-hybridized carbons (Fsp3) is 0.360. The summed E-state index contributed by atoms with van der Waals surface area (Å²) in [6.07, 6.45) is -0.902. The van der Waals surface area contributed by atoms with Crippen molar-refractivity contribution in [3.63, 3.8) is 0 Å². The molecule has 0 unspecified atom stereocenters. The second-order valence-electron chi connectivity index (χ2n) is 8.54. The van der Waals surface area contributed by atoms with Crippen LogP contribution in [0.15, 0.2) is 48.7 Å². The number of hydrogen-bond donors (Lipinski definition) is 3. The number of aryl methyl sites for hydroxylation is 1. The van der Waals surface area contributed by atoms with Crippen LogP contribution in [0, 0.1) is 0 Å². The number of carbonyl (C=O) groups is 1. The van der Waals surface area contributed by atoms with Crippen molar-refractivity contribution >= 4 is 23.2 Å². The number of halogens is 4. The predicted molar refractivity (Wildman–Crippen MR) is 132 cm³/mol. The summed E-state index contributed by atoms with van der Waals surface area (Å²) in [4.78, 5) is 12.7. The van der Waals surface area contributed by atoms with Crippen molar-refractivity contribution < 1.29 is 22.7 Å². The molecule has 0 radical (unpaired) electrons. The molecule has 11 heteroatoms. The number of hydrogen-bond acceptors (Lipinski definition) is 5. The van der Waals surface area contributed by atoms with Crippen molar-refractivity contribution in [3.05, 3.63) is 64.8 Å². The van der Waals surface area contributed by atoms with Gasteiger partial charge >= 0.3 is 6.18 Å². The normalized spacial score (nSPS) is 14.6. The van der Waals surface area contributed by atoms with E-state index in [0.717, 1.165) is 38.1 Å². The van der Waals surface area contributed by atoms with Gasteiger partial charge in [0, 0.05) is 36.4 Å². The van der Waals surface area contributed by atoms with Crippen LogP contribution in [0.25, 0.3) is 11.3 Å². The highest BCUT2D eigenvalue weighted by Gasteiger charge is 2.31. The Bertz CT molecular complexity index is 1190. The number of carbonyl (C=O) groups excluding carboxylic acids is 1. The monoisotopic (exact) mass is 521 g/mol. The van der Waals surface area contributed by atoms with E-state index in [9.17, 15) is 18.0 Å².